The number of aryl methyl sites for hydroxylation is 1. The number of hydrogen-bond donors (Lipinski definition) is 1. The van der Waals surface area contributed by atoms with Gasteiger partial charge in [0.05, 0.1) is 17.7 Å². The zero-order valence-corrected chi connectivity index (χ0v) is 15.6. The van der Waals surface area contributed by atoms with Crippen molar-refractivity contribution in [3.8, 4) is 5.75 Å². The standard InChI is InChI=1S/C18H22N2O4S/c1-5-19-18(21)15-12-14(11-10-13(15)2)25(22,23)20(3)16-8-6-7-9-17(16)24-4/h6-12H,5H2,1-4H3,(H,19,21). The summed E-state index contributed by atoms with van der Waals surface area (Å²) < 4.78 is 32.4. The summed E-state index contributed by atoms with van der Waals surface area (Å²) in [6.45, 7) is 4.05. The lowest BCUT2D eigenvalue weighted by molar-refractivity contribution is 0.0955. The number of carbonyl (C=O) groups excluding carboxylic acids is 1. The zero-order valence-electron chi connectivity index (χ0n) is 14.7. The number of rotatable bonds is 6. The molecule has 7 heteroatoms. The van der Waals surface area contributed by atoms with Crippen LogP contribution in [0.3, 0.4) is 0 Å². The molecule has 0 aromatic heterocycles. The van der Waals surface area contributed by atoms with E-state index in [1.54, 1.807) is 37.3 Å². The van der Waals surface area contributed by atoms with Crippen molar-refractivity contribution in [3.63, 3.8) is 0 Å². The van der Waals surface area contributed by atoms with Gasteiger partial charge in [0.1, 0.15) is 5.75 Å². The number of hydrogen-bond acceptors (Lipinski definition) is 4. The van der Waals surface area contributed by atoms with Gasteiger partial charge in [-0.05, 0) is 43.7 Å². The Labute approximate surface area is 148 Å². The molecule has 1 amide bonds. The fourth-order valence-electron chi connectivity index (χ4n) is 2.44. The molecule has 134 valence electrons. The number of nitrogens with one attached hydrogen (secondary N) is 1. The molecule has 2 rings (SSSR count). The van der Waals surface area contributed by atoms with E-state index in [0.29, 0.717) is 29.1 Å². The molecule has 0 radical (unpaired) electrons. The van der Waals surface area contributed by atoms with Crippen molar-refractivity contribution in [1.29, 1.82) is 0 Å². The van der Waals surface area contributed by atoms with E-state index >= 15 is 0 Å². The van der Waals surface area contributed by atoms with Crippen LogP contribution in [0.25, 0.3) is 0 Å². The van der Waals surface area contributed by atoms with Gasteiger partial charge in [0.25, 0.3) is 15.9 Å². The summed E-state index contributed by atoms with van der Waals surface area (Å²) in [6.07, 6.45) is 0. The maximum atomic E-state index is 13.0. The van der Waals surface area contributed by atoms with Crippen LogP contribution in [0.5, 0.6) is 5.75 Å². The van der Waals surface area contributed by atoms with Crippen LogP contribution in [-0.2, 0) is 10.0 Å². The van der Waals surface area contributed by atoms with Gasteiger partial charge in [0.2, 0.25) is 0 Å². The van der Waals surface area contributed by atoms with Gasteiger partial charge < -0.3 is 10.1 Å². The van der Waals surface area contributed by atoms with Gasteiger partial charge >= 0.3 is 0 Å². The third-order valence-corrected chi connectivity index (χ3v) is 5.64. The number of para-hydroxylation sites is 2. The van der Waals surface area contributed by atoms with Crippen molar-refractivity contribution < 1.29 is 17.9 Å². The summed E-state index contributed by atoms with van der Waals surface area (Å²) >= 11 is 0. The highest BCUT2D eigenvalue weighted by atomic mass is 32.2. The molecule has 0 unspecified atom stereocenters. The smallest absolute Gasteiger partial charge is 0.264 e. The van der Waals surface area contributed by atoms with Crippen molar-refractivity contribution in [3.05, 3.63) is 53.6 Å². The van der Waals surface area contributed by atoms with E-state index < -0.39 is 10.0 Å². The van der Waals surface area contributed by atoms with E-state index in [4.69, 9.17) is 4.74 Å². The van der Waals surface area contributed by atoms with E-state index in [-0.39, 0.29) is 10.8 Å². The van der Waals surface area contributed by atoms with E-state index in [9.17, 15) is 13.2 Å². The van der Waals surface area contributed by atoms with E-state index in [0.717, 1.165) is 4.31 Å². The maximum Gasteiger partial charge on any atom is 0.264 e. The minimum Gasteiger partial charge on any atom is -0.495 e. The molecule has 2 aromatic rings. The van der Waals surface area contributed by atoms with Crippen molar-refractivity contribution in [2.24, 2.45) is 0 Å². The van der Waals surface area contributed by atoms with Crippen LogP contribution in [0.15, 0.2) is 47.4 Å². The lowest BCUT2D eigenvalue weighted by Crippen LogP contribution is -2.28. The number of amides is 1. The summed E-state index contributed by atoms with van der Waals surface area (Å²) in [5.74, 6) is 0.154. The summed E-state index contributed by atoms with van der Waals surface area (Å²) in [6, 6.07) is 11.4. The van der Waals surface area contributed by atoms with Crippen LogP contribution in [0, 0.1) is 6.92 Å². The summed E-state index contributed by atoms with van der Waals surface area (Å²) in [4.78, 5) is 12.2. The number of sulfonamides is 1. The van der Waals surface area contributed by atoms with Crippen molar-refractivity contribution in [2.45, 2.75) is 18.7 Å². The molecule has 0 saturated carbocycles. The van der Waals surface area contributed by atoms with Gasteiger partial charge in [-0.25, -0.2) is 8.42 Å². The Bertz CT molecular complexity index is 878. The van der Waals surface area contributed by atoms with Crippen LogP contribution in [0.4, 0.5) is 5.69 Å². The van der Waals surface area contributed by atoms with Gasteiger partial charge in [0, 0.05) is 19.2 Å². The molecule has 0 aliphatic heterocycles. The first-order chi connectivity index (χ1) is 11.8. The van der Waals surface area contributed by atoms with Crippen LogP contribution in [0.1, 0.15) is 22.8 Å². The number of methoxy groups -OCH3 is 1. The molecule has 6 nitrogen and oxygen atoms in total. The fourth-order valence-corrected chi connectivity index (χ4v) is 3.67. The molecule has 0 saturated heterocycles. The van der Waals surface area contributed by atoms with Gasteiger partial charge in [-0.3, -0.25) is 9.10 Å². The lowest BCUT2D eigenvalue weighted by atomic mass is 10.1. The normalized spacial score (nSPS) is 11.0. The topological polar surface area (TPSA) is 75.7 Å². The molecule has 1 N–H and O–H groups in total. The zero-order chi connectivity index (χ0) is 18.6. The summed E-state index contributed by atoms with van der Waals surface area (Å²) in [5, 5.41) is 2.69. The van der Waals surface area contributed by atoms with Crippen LogP contribution in [0.2, 0.25) is 0 Å². The molecular weight excluding hydrogens is 340 g/mol. The highest BCUT2D eigenvalue weighted by molar-refractivity contribution is 7.92. The Morgan fingerprint density at radius 2 is 1.88 bits per heavy atom. The number of anilines is 1. The number of carbonyl (C=O) groups is 1. The van der Waals surface area contributed by atoms with E-state index in [1.165, 1.54) is 26.3 Å². The SMILES string of the molecule is CCNC(=O)c1cc(S(=O)(=O)N(C)c2ccccc2OC)ccc1C. The first-order valence-corrected chi connectivity index (χ1v) is 9.27. The van der Waals surface area contributed by atoms with Crippen molar-refractivity contribution in [1.82, 2.24) is 5.32 Å². The highest BCUT2D eigenvalue weighted by Crippen LogP contribution is 2.31. The second-order valence-corrected chi connectivity index (χ2v) is 7.45. The Morgan fingerprint density at radius 3 is 2.52 bits per heavy atom. The number of benzene rings is 2. The van der Waals surface area contributed by atoms with Gasteiger partial charge in [-0.1, -0.05) is 18.2 Å². The Hall–Kier alpha value is -2.54. The molecule has 25 heavy (non-hydrogen) atoms. The first-order valence-electron chi connectivity index (χ1n) is 7.83. The lowest BCUT2D eigenvalue weighted by Gasteiger charge is -2.22. The molecule has 0 spiro atoms. The molecular formula is C18H22N2O4S. The molecule has 0 aliphatic carbocycles. The second kappa shape index (κ2) is 7.57. The van der Waals surface area contributed by atoms with E-state index in [1.807, 2.05) is 6.92 Å². The first kappa shape index (κ1) is 18.8. The monoisotopic (exact) mass is 362 g/mol. The minimum atomic E-state index is -3.84. The highest BCUT2D eigenvalue weighted by Gasteiger charge is 2.25. The Morgan fingerprint density at radius 1 is 1.20 bits per heavy atom. The molecule has 0 atom stereocenters. The Balaban J connectivity index is 2.49. The quantitative estimate of drug-likeness (QED) is 0.857. The third-order valence-electron chi connectivity index (χ3n) is 3.87. The third kappa shape index (κ3) is 3.76. The van der Waals surface area contributed by atoms with E-state index in [2.05, 4.69) is 5.32 Å². The van der Waals surface area contributed by atoms with Crippen LogP contribution >= 0.6 is 0 Å². The average Bonchev–Trinajstić information content (AvgIpc) is 2.61. The summed E-state index contributed by atoms with van der Waals surface area (Å²) in [7, 11) is -0.897. The number of ether oxygens (including phenoxy) is 1. The minimum absolute atomic E-state index is 0.0489. The largest absolute Gasteiger partial charge is 0.495 e. The molecule has 0 aliphatic rings. The molecule has 0 fully saturated rings. The number of nitrogens with zero attached hydrogens (tertiary/aromatic N) is 1. The van der Waals surface area contributed by atoms with Gasteiger partial charge in [0.15, 0.2) is 0 Å². The van der Waals surface area contributed by atoms with Crippen molar-refractivity contribution in [2.75, 3.05) is 25.0 Å². The van der Waals surface area contributed by atoms with Crippen LogP contribution in [-0.4, -0.2) is 35.0 Å². The molecule has 0 bridgehead atoms. The average molecular weight is 362 g/mol. The second-order valence-electron chi connectivity index (χ2n) is 5.48. The fraction of sp³-hybridized carbons (Fsp3) is 0.278. The predicted molar refractivity (Wildman–Crippen MR) is 97.8 cm³/mol. The Kier molecular flexibility index (Phi) is 5.69. The molecule has 0 heterocycles. The van der Waals surface area contributed by atoms with Crippen LogP contribution < -0.4 is 14.4 Å². The maximum absolute atomic E-state index is 13.0. The summed E-state index contributed by atoms with van der Waals surface area (Å²) in [5.41, 5.74) is 1.48. The van der Waals surface area contributed by atoms with Crippen molar-refractivity contribution >= 4 is 21.6 Å². The van der Waals surface area contributed by atoms with Gasteiger partial charge in [-0.2, -0.15) is 0 Å². The molecule has 2 aromatic carbocycles. The van der Waals surface area contributed by atoms with Gasteiger partial charge in [-0.15, -0.1) is 0 Å². The predicted octanol–water partition coefficient (Wildman–Crippen LogP) is 2.58.